The summed E-state index contributed by atoms with van der Waals surface area (Å²) in [6.45, 7) is 4.20. The molecule has 1 N–H and O–H groups in total. The number of oxazole rings is 1. The van der Waals surface area contributed by atoms with Gasteiger partial charge in [0, 0.05) is 37.3 Å². The van der Waals surface area contributed by atoms with Crippen molar-refractivity contribution < 1.29 is 9.21 Å². The maximum Gasteiger partial charge on any atom is 0.257 e. The fourth-order valence-electron chi connectivity index (χ4n) is 4.38. The number of rotatable bonds is 8. The summed E-state index contributed by atoms with van der Waals surface area (Å²) in [5, 5.41) is 3.55. The zero-order valence-corrected chi connectivity index (χ0v) is 21.3. The third-order valence-corrected chi connectivity index (χ3v) is 7.05. The van der Waals surface area contributed by atoms with Crippen LogP contribution in [0.1, 0.15) is 0 Å². The number of nitrogens with zero attached hydrogens (tertiary/aromatic N) is 3. The smallest absolute Gasteiger partial charge is 0.257 e. The Morgan fingerprint density at radius 3 is 2.27 bits per heavy atom. The zero-order chi connectivity index (χ0) is 25.5. The molecule has 186 valence electrons. The molecule has 0 bridgehead atoms. The summed E-state index contributed by atoms with van der Waals surface area (Å²) >= 11 is 1.29. The molecule has 1 aliphatic heterocycles. The molecule has 2 heterocycles. The van der Waals surface area contributed by atoms with Crippen LogP contribution in [-0.2, 0) is 4.79 Å². The Morgan fingerprint density at radius 2 is 1.57 bits per heavy atom. The lowest BCUT2D eigenvalue weighted by Crippen LogP contribution is -2.46. The number of para-hydroxylation sites is 2. The Bertz CT molecular complexity index is 1320. The topological polar surface area (TPSA) is 61.6 Å². The van der Waals surface area contributed by atoms with E-state index in [4.69, 9.17) is 15.8 Å². The van der Waals surface area contributed by atoms with Gasteiger partial charge in [-0.05, 0) is 12.1 Å². The Hall–Kier alpha value is -3.99. The van der Waals surface area contributed by atoms with Gasteiger partial charge in [0.25, 0.3) is 5.22 Å². The second kappa shape index (κ2) is 11.8. The van der Waals surface area contributed by atoms with Crippen LogP contribution < -0.4 is 10.2 Å². The molecule has 4 aromatic rings. The van der Waals surface area contributed by atoms with E-state index in [2.05, 4.69) is 21.0 Å². The number of hydrogen-bond donors (Lipinski definition) is 1. The standard InChI is InChI=1S/C30H28N4O2S/c1-2-17-33-18-20-34(21-19-33)26-16-10-9-15-25(26)31-27(35)22-37-30-32-28(23-11-5-3-6-12-23)29(36-30)24-13-7-4-8-14-24/h1,3-16H,17-22H2,(H,31,35). The average molecular weight is 509 g/mol. The number of benzene rings is 3. The van der Waals surface area contributed by atoms with E-state index in [1.807, 2.05) is 84.9 Å². The van der Waals surface area contributed by atoms with Crippen molar-refractivity contribution in [2.24, 2.45) is 0 Å². The number of aromatic nitrogens is 1. The average Bonchev–Trinajstić information content (AvgIpc) is 3.38. The Kier molecular flexibility index (Phi) is 7.90. The van der Waals surface area contributed by atoms with E-state index in [1.165, 1.54) is 11.8 Å². The molecule has 1 saturated heterocycles. The van der Waals surface area contributed by atoms with Crippen molar-refractivity contribution in [1.29, 1.82) is 0 Å². The highest BCUT2D eigenvalue weighted by molar-refractivity contribution is 7.99. The molecule has 3 aromatic carbocycles. The predicted molar refractivity (Wildman–Crippen MR) is 151 cm³/mol. The van der Waals surface area contributed by atoms with Gasteiger partial charge in [-0.2, -0.15) is 0 Å². The minimum Gasteiger partial charge on any atom is -0.431 e. The van der Waals surface area contributed by atoms with Crippen LogP contribution in [0.25, 0.3) is 22.6 Å². The first-order valence-corrected chi connectivity index (χ1v) is 13.2. The van der Waals surface area contributed by atoms with Crippen LogP contribution in [-0.4, -0.2) is 54.3 Å². The van der Waals surface area contributed by atoms with Crippen molar-refractivity contribution in [3.05, 3.63) is 84.9 Å². The van der Waals surface area contributed by atoms with E-state index in [-0.39, 0.29) is 11.7 Å². The van der Waals surface area contributed by atoms with E-state index in [0.29, 0.717) is 17.5 Å². The third kappa shape index (κ3) is 6.05. The molecule has 5 rings (SSSR count). The van der Waals surface area contributed by atoms with Gasteiger partial charge in [0.1, 0.15) is 5.69 Å². The fourth-order valence-corrected chi connectivity index (χ4v) is 5.01. The fraction of sp³-hybridized carbons (Fsp3) is 0.200. The monoisotopic (exact) mass is 508 g/mol. The molecular formula is C30H28N4O2S. The van der Waals surface area contributed by atoms with Crippen molar-refractivity contribution in [3.8, 4) is 34.9 Å². The first-order chi connectivity index (χ1) is 18.2. The summed E-state index contributed by atoms with van der Waals surface area (Å²) in [5.41, 5.74) is 4.51. The minimum absolute atomic E-state index is 0.107. The summed E-state index contributed by atoms with van der Waals surface area (Å²) in [6.07, 6.45) is 5.46. The van der Waals surface area contributed by atoms with Gasteiger partial charge in [-0.25, -0.2) is 4.98 Å². The maximum absolute atomic E-state index is 12.9. The number of carbonyl (C=O) groups is 1. The molecule has 1 amide bonds. The Balaban J connectivity index is 1.27. The van der Waals surface area contributed by atoms with E-state index < -0.39 is 0 Å². The molecule has 6 nitrogen and oxygen atoms in total. The number of nitrogens with one attached hydrogen (secondary N) is 1. The van der Waals surface area contributed by atoms with Crippen molar-refractivity contribution >= 4 is 29.0 Å². The number of hydrogen-bond acceptors (Lipinski definition) is 6. The number of amides is 1. The zero-order valence-electron chi connectivity index (χ0n) is 20.5. The first kappa shape index (κ1) is 24.7. The van der Waals surface area contributed by atoms with Crippen LogP contribution in [0.4, 0.5) is 11.4 Å². The summed E-state index contributed by atoms with van der Waals surface area (Å²) < 4.78 is 6.15. The molecule has 0 unspecified atom stereocenters. The van der Waals surface area contributed by atoms with Gasteiger partial charge in [-0.1, -0.05) is 90.5 Å². The molecule has 0 spiro atoms. The van der Waals surface area contributed by atoms with Gasteiger partial charge < -0.3 is 14.6 Å². The van der Waals surface area contributed by atoms with Crippen LogP contribution in [0.3, 0.4) is 0 Å². The van der Waals surface area contributed by atoms with Crippen molar-refractivity contribution in [2.75, 3.05) is 48.7 Å². The summed E-state index contributed by atoms with van der Waals surface area (Å²) in [4.78, 5) is 22.2. The van der Waals surface area contributed by atoms with Gasteiger partial charge in [0.2, 0.25) is 5.91 Å². The van der Waals surface area contributed by atoms with Crippen LogP contribution >= 0.6 is 11.8 Å². The van der Waals surface area contributed by atoms with Crippen molar-refractivity contribution in [1.82, 2.24) is 9.88 Å². The van der Waals surface area contributed by atoms with Crippen molar-refractivity contribution in [2.45, 2.75) is 5.22 Å². The van der Waals surface area contributed by atoms with Crippen LogP contribution in [0, 0.1) is 12.3 Å². The lowest BCUT2D eigenvalue weighted by atomic mass is 10.1. The Morgan fingerprint density at radius 1 is 0.919 bits per heavy atom. The van der Waals surface area contributed by atoms with Gasteiger partial charge in [-0.3, -0.25) is 9.69 Å². The van der Waals surface area contributed by atoms with E-state index >= 15 is 0 Å². The molecule has 7 heteroatoms. The quantitative estimate of drug-likeness (QED) is 0.251. The normalized spacial score (nSPS) is 13.8. The third-order valence-electron chi connectivity index (χ3n) is 6.22. The molecule has 0 saturated carbocycles. The number of carbonyl (C=O) groups excluding carboxylic acids is 1. The largest absolute Gasteiger partial charge is 0.431 e. The number of terminal acetylenes is 1. The molecule has 1 fully saturated rings. The second-order valence-electron chi connectivity index (χ2n) is 8.71. The summed E-state index contributed by atoms with van der Waals surface area (Å²) in [7, 11) is 0. The van der Waals surface area contributed by atoms with E-state index in [1.54, 1.807) is 0 Å². The molecule has 0 atom stereocenters. The number of anilines is 2. The lowest BCUT2D eigenvalue weighted by Gasteiger charge is -2.36. The van der Waals surface area contributed by atoms with Crippen molar-refractivity contribution in [3.63, 3.8) is 0 Å². The molecule has 0 aliphatic carbocycles. The highest BCUT2D eigenvalue weighted by atomic mass is 32.2. The number of thioether (sulfide) groups is 1. The highest BCUT2D eigenvalue weighted by Gasteiger charge is 2.21. The SMILES string of the molecule is C#CCN1CCN(c2ccccc2NC(=O)CSc2nc(-c3ccccc3)c(-c3ccccc3)o2)CC1. The highest BCUT2D eigenvalue weighted by Crippen LogP contribution is 2.35. The molecule has 1 aliphatic rings. The molecule has 37 heavy (non-hydrogen) atoms. The predicted octanol–water partition coefficient (Wildman–Crippen LogP) is 5.49. The molecule has 1 aromatic heterocycles. The van der Waals surface area contributed by atoms with Gasteiger partial charge in [0.05, 0.1) is 23.7 Å². The number of piperazine rings is 1. The van der Waals surface area contributed by atoms with Gasteiger partial charge in [-0.15, -0.1) is 6.42 Å². The van der Waals surface area contributed by atoms with E-state index in [9.17, 15) is 4.79 Å². The first-order valence-electron chi connectivity index (χ1n) is 12.3. The van der Waals surface area contributed by atoms with E-state index in [0.717, 1.165) is 54.4 Å². The van der Waals surface area contributed by atoms with Gasteiger partial charge in [0.15, 0.2) is 5.76 Å². The Labute approximate surface area is 221 Å². The second-order valence-corrected chi connectivity index (χ2v) is 9.64. The molecular weight excluding hydrogens is 480 g/mol. The minimum atomic E-state index is -0.107. The lowest BCUT2D eigenvalue weighted by molar-refractivity contribution is -0.113. The van der Waals surface area contributed by atoms with Crippen LogP contribution in [0.5, 0.6) is 0 Å². The summed E-state index contributed by atoms with van der Waals surface area (Å²) in [5.74, 6) is 3.49. The maximum atomic E-state index is 12.9. The van der Waals surface area contributed by atoms with Crippen LogP contribution in [0.2, 0.25) is 0 Å². The van der Waals surface area contributed by atoms with Gasteiger partial charge >= 0.3 is 0 Å². The van der Waals surface area contributed by atoms with Crippen LogP contribution in [0.15, 0.2) is 94.6 Å². The molecule has 0 radical (unpaired) electrons. The summed E-state index contributed by atoms with van der Waals surface area (Å²) in [6, 6.07) is 27.8.